The van der Waals surface area contributed by atoms with Gasteiger partial charge in [0.2, 0.25) is 0 Å². The van der Waals surface area contributed by atoms with Crippen molar-refractivity contribution in [2.75, 3.05) is 25.0 Å². The first-order chi connectivity index (χ1) is 11.0. The molecule has 8 heteroatoms. The normalized spacial score (nSPS) is 22.8. The van der Waals surface area contributed by atoms with Crippen LogP contribution in [0.2, 0.25) is 0 Å². The summed E-state index contributed by atoms with van der Waals surface area (Å²) in [4.78, 5) is 31.3. The molecule has 7 nitrogen and oxygen atoms in total. The van der Waals surface area contributed by atoms with Gasteiger partial charge < -0.3 is 18.6 Å². The fraction of sp³-hybridized carbons (Fsp3) is 0.267. The predicted octanol–water partition coefficient (Wildman–Crippen LogP) is 1.38. The van der Waals surface area contributed by atoms with Gasteiger partial charge in [-0.25, -0.2) is 9.59 Å². The molecule has 0 bridgehead atoms. The SMILES string of the molecule is Cc1ccc2c(c1)S1(OC(=O)C(=O)O1)C(C1=NCCN1)=CN2C. The average molecular weight is 333 g/mol. The number of rotatable bonds is 1. The number of fused-ring (bicyclic) bond motifs is 2. The molecular weight excluding hydrogens is 318 g/mol. The van der Waals surface area contributed by atoms with Gasteiger partial charge >= 0.3 is 11.9 Å². The van der Waals surface area contributed by atoms with Crippen LogP contribution in [0.25, 0.3) is 0 Å². The van der Waals surface area contributed by atoms with E-state index in [4.69, 9.17) is 8.37 Å². The summed E-state index contributed by atoms with van der Waals surface area (Å²) < 4.78 is 11.0. The van der Waals surface area contributed by atoms with Crippen molar-refractivity contribution in [2.24, 2.45) is 4.99 Å². The lowest BCUT2D eigenvalue weighted by Crippen LogP contribution is -2.30. The summed E-state index contributed by atoms with van der Waals surface area (Å²) in [5.41, 5.74) is 1.83. The Bertz CT molecular complexity index is 786. The van der Waals surface area contributed by atoms with Crippen molar-refractivity contribution in [3.8, 4) is 0 Å². The highest BCUT2D eigenvalue weighted by molar-refractivity contribution is 8.31. The average Bonchev–Trinajstić information content (AvgIpc) is 3.13. The van der Waals surface area contributed by atoms with Crippen LogP contribution in [-0.2, 0) is 18.0 Å². The van der Waals surface area contributed by atoms with Crippen molar-refractivity contribution in [1.82, 2.24) is 5.32 Å². The monoisotopic (exact) mass is 333 g/mol. The highest BCUT2D eigenvalue weighted by Gasteiger charge is 2.51. The van der Waals surface area contributed by atoms with E-state index in [1.807, 2.05) is 43.3 Å². The van der Waals surface area contributed by atoms with Crippen LogP contribution in [0.1, 0.15) is 5.56 Å². The van der Waals surface area contributed by atoms with Crippen LogP contribution in [0.3, 0.4) is 0 Å². The molecule has 1 saturated heterocycles. The van der Waals surface area contributed by atoms with E-state index in [1.54, 1.807) is 0 Å². The lowest BCUT2D eigenvalue weighted by molar-refractivity contribution is -0.150. The van der Waals surface area contributed by atoms with Crippen molar-refractivity contribution in [3.63, 3.8) is 0 Å². The van der Waals surface area contributed by atoms with Crippen molar-refractivity contribution >= 4 is 34.1 Å². The quantitative estimate of drug-likeness (QED) is 0.782. The maximum atomic E-state index is 11.8. The van der Waals surface area contributed by atoms with Gasteiger partial charge in [-0.2, -0.15) is 0 Å². The van der Waals surface area contributed by atoms with Gasteiger partial charge in [-0.3, -0.25) is 4.99 Å². The first-order valence-electron chi connectivity index (χ1n) is 7.16. The number of carbonyl (C=O) groups is 2. The van der Waals surface area contributed by atoms with Crippen LogP contribution in [0.5, 0.6) is 0 Å². The van der Waals surface area contributed by atoms with Crippen LogP contribution in [-0.4, -0.2) is 37.9 Å². The lowest BCUT2D eigenvalue weighted by Gasteiger charge is -2.43. The Morgan fingerprint density at radius 1 is 1.26 bits per heavy atom. The zero-order valence-corrected chi connectivity index (χ0v) is 13.5. The second-order valence-electron chi connectivity index (χ2n) is 5.48. The van der Waals surface area contributed by atoms with Gasteiger partial charge in [0.25, 0.3) is 0 Å². The van der Waals surface area contributed by atoms with E-state index in [9.17, 15) is 9.59 Å². The number of benzene rings is 1. The Morgan fingerprint density at radius 2 is 2.00 bits per heavy atom. The molecule has 3 heterocycles. The molecule has 0 amide bonds. The summed E-state index contributed by atoms with van der Waals surface area (Å²) in [7, 11) is -0.775. The Hall–Kier alpha value is -2.48. The second-order valence-corrected chi connectivity index (χ2v) is 7.70. The molecule has 1 spiro atoms. The van der Waals surface area contributed by atoms with E-state index in [1.165, 1.54) is 0 Å². The molecule has 1 aromatic carbocycles. The maximum absolute atomic E-state index is 11.8. The molecule has 0 unspecified atom stereocenters. The van der Waals surface area contributed by atoms with Gasteiger partial charge in [-0.05, 0) is 35.2 Å². The number of hydrogen-bond donors (Lipinski definition) is 1. The fourth-order valence-electron chi connectivity index (χ4n) is 2.79. The molecule has 23 heavy (non-hydrogen) atoms. The first-order valence-corrected chi connectivity index (χ1v) is 8.64. The zero-order valence-electron chi connectivity index (χ0n) is 12.7. The second kappa shape index (κ2) is 4.76. The molecule has 3 aliphatic rings. The highest BCUT2D eigenvalue weighted by Crippen LogP contribution is 2.71. The number of anilines is 1. The van der Waals surface area contributed by atoms with Gasteiger partial charge in [-0.15, -0.1) is 0 Å². The molecule has 4 rings (SSSR count). The summed E-state index contributed by atoms with van der Waals surface area (Å²) in [5.74, 6) is -1.30. The molecule has 120 valence electrons. The molecule has 0 radical (unpaired) electrons. The largest absolute Gasteiger partial charge is 0.442 e. The molecule has 1 fully saturated rings. The molecule has 1 aromatic rings. The van der Waals surface area contributed by atoms with Crippen LogP contribution in [0.15, 0.2) is 39.2 Å². The van der Waals surface area contributed by atoms with Crippen LogP contribution in [0, 0.1) is 6.92 Å². The van der Waals surface area contributed by atoms with Gasteiger partial charge in [0.05, 0.1) is 12.2 Å². The molecule has 0 aromatic heterocycles. The summed E-state index contributed by atoms with van der Waals surface area (Å²) >= 11 is 0. The Labute approximate surface area is 134 Å². The van der Waals surface area contributed by atoms with Crippen molar-refractivity contribution in [2.45, 2.75) is 11.8 Å². The van der Waals surface area contributed by atoms with E-state index < -0.39 is 22.5 Å². The third-order valence-corrected chi connectivity index (χ3v) is 6.40. The third kappa shape index (κ3) is 1.94. The van der Waals surface area contributed by atoms with E-state index >= 15 is 0 Å². The Kier molecular flexibility index (Phi) is 2.92. The number of hydrogen-bond acceptors (Lipinski definition) is 7. The minimum Gasteiger partial charge on any atom is -0.367 e. The van der Waals surface area contributed by atoms with Crippen LogP contribution >= 0.6 is 10.6 Å². The van der Waals surface area contributed by atoms with E-state index in [-0.39, 0.29) is 0 Å². The summed E-state index contributed by atoms with van der Waals surface area (Å²) in [6, 6.07) is 5.79. The van der Waals surface area contributed by atoms with Crippen LogP contribution < -0.4 is 10.2 Å². The van der Waals surface area contributed by atoms with Gasteiger partial charge in [0.15, 0.2) is 0 Å². The number of aliphatic imine (C=N–C) groups is 1. The van der Waals surface area contributed by atoms with E-state index in [0.29, 0.717) is 28.7 Å². The van der Waals surface area contributed by atoms with Gasteiger partial charge in [-0.1, -0.05) is 6.07 Å². The molecule has 3 aliphatic heterocycles. The predicted molar refractivity (Wildman–Crippen MR) is 86.0 cm³/mol. The highest BCUT2D eigenvalue weighted by atomic mass is 32.3. The van der Waals surface area contributed by atoms with Gasteiger partial charge in [0, 0.05) is 19.8 Å². The molecular formula is C15H15N3O4S. The van der Waals surface area contributed by atoms with Crippen LogP contribution in [0.4, 0.5) is 5.69 Å². The molecule has 1 N–H and O–H groups in total. The first kappa shape index (κ1) is 14.1. The minimum atomic E-state index is -2.67. The summed E-state index contributed by atoms with van der Waals surface area (Å²) in [6.07, 6.45) is 1.82. The topological polar surface area (TPSA) is 80.2 Å². The Morgan fingerprint density at radius 3 is 2.65 bits per heavy atom. The zero-order chi connectivity index (χ0) is 16.2. The molecule has 0 aliphatic carbocycles. The Balaban J connectivity index is 1.96. The number of nitrogens with one attached hydrogen (secondary N) is 1. The smallest absolute Gasteiger partial charge is 0.367 e. The number of amidine groups is 1. The maximum Gasteiger partial charge on any atom is 0.442 e. The third-order valence-electron chi connectivity index (χ3n) is 3.85. The fourth-order valence-corrected chi connectivity index (χ4v) is 5.50. The number of nitrogens with zero attached hydrogens (tertiary/aromatic N) is 2. The lowest BCUT2D eigenvalue weighted by atomic mass is 10.2. The van der Waals surface area contributed by atoms with Crippen molar-refractivity contribution < 1.29 is 18.0 Å². The van der Waals surface area contributed by atoms with Crippen molar-refractivity contribution in [1.29, 1.82) is 0 Å². The van der Waals surface area contributed by atoms with E-state index in [2.05, 4.69) is 10.3 Å². The summed E-state index contributed by atoms with van der Waals surface area (Å²) in [6.45, 7) is 3.28. The number of carbonyl (C=O) groups excluding carboxylic acids is 2. The minimum absolute atomic E-state index is 0.606. The summed E-state index contributed by atoms with van der Waals surface area (Å²) in [5, 5.41) is 3.17. The number of aryl methyl sites for hydroxylation is 1. The van der Waals surface area contributed by atoms with Gasteiger partial charge in [0.1, 0.15) is 15.6 Å². The molecule has 0 atom stereocenters. The van der Waals surface area contributed by atoms with E-state index in [0.717, 1.165) is 11.3 Å². The standard InChI is InChI=1S/C15H15N3O4S/c1-9-3-4-10-11(7-9)23(21-14(19)15(20)22-23)12(8-18(10)2)13-16-5-6-17-13/h3-4,7-8H,5-6H2,1-2H3,(H,16,17). The van der Waals surface area contributed by atoms with Crippen molar-refractivity contribution in [3.05, 3.63) is 34.9 Å². The molecule has 0 saturated carbocycles.